The molecule has 19 heavy (non-hydrogen) atoms. The maximum Gasteiger partial charge on any atom is 0.253 e. The summed E-state index contributed by atoms with van der Waals surface area (Å²) in [5, 5.41) is 8.78. The number of carbonyl (C=O) groups excluding carboxylic acids is 1. The number of piperidine rings is 1. The van der Waals surface area contributed by atoms with Crippen LogP contribution >= 0.6 is 0 Å². The molecular formula is C16H23NO2. The Morgan fingerprint density at radius 1 is 1.16 bits per heavy atom. The molecule has 1 amide bonds. The van der Waals surface area contributed by atoms with Crippen molar-refractivity contribution in [3.05, 3.63) is 35.9 Å². The number of hydrogen-bond acceptors (Lipinski definition) is 2. The maximum atomic E-state index is 12.3. The van der Waals surface area contributed by atoms with Gasteiger partial charge in [-0.1, -0.05) is 31.0 Å². The van der Waals surface area contributed by atoms with Gasteiger partial charge in [0.05, 0.1) is 0 Å². The van der Waals surface area contributed by atoms with Gasteiger partial charge in [-0.25, -0.2) is 0 Å². The molecule has 1 aromatic rings. The van der Waals surface area contributed by atoms with Gasteiger partial charge in [0, 0.05) is 25.3 Å². The third-order valence-corrected chi connectivity index (χ3v) is 3.94. The molecule has 1 aromatic carbocycles. The van der Waals surface area contributed by atoms with Crippen LogP contribution in [0.5, 0.6) is 0 Å². The fourth-order valence-electron chi connectivity index (χ4n) is 2.73. The first-order chi connectivity index (χ1) is 9.31. The molecule has 0 atom stereocenters. The molecule has 0 unspecified atom stereocenters. The van der Waals surface area contributed by atoms with Crippen LogP contribution in [0.25, 0.3) is 0 Å². The van der Waals surface area contributed by atoms with Crippen LogP contribution in [0.4, 0.5) is 0 Å². The van der Waals surface area contributed by atoms with E-state index < -0.39 is 0 Å². The van der Waals surface area contributed by atoms with Gasteiger partial charge in [0.2, 0.25) is 0 Å². The van der Waals surface area contributed by atoms with Crippen molar-refractivity contribution < 1.29 is 9.90 Å². The van der Waals surface area contributed by atoms with Crippen molar-refractivity contribution in [2.45, 2.75) is 32.1 Å². The van der Waals surface area contributed by atoms with E-state index in [1.807, 2.05) is 35.2 Å². The SMILES string of the molecule is O=C(c1ccccc1)N1CCC(CCCCO)CC1. The second-order valence-electron chi connectivity index (χ2n) is 5.32. The number of nitrogens with zero attached hydrogens (tertiary/aromatic N) is 1. The van der Waals surface area contributed by atoms with Crippen molar-refractivity contribution in [2.24, 2.45) is 5.92 Å². The van der Waals surface area contributed by atoms with Gasteiger partial charge >= 0.3 is 0 Å². The Balaban J connectivity index is 1.78. The number of benzene rings is 1. The molecule has 3 heteroatoms. The summed E-state index contributed by atoms with van der Waals surface area (Å²) in [5.41, 5.74) is 0.793. The summed E-state index contributed by atoms with van der Waals surface area (Å²) in [4.78, 5) is 14.2. The Bertz CT molecular complexity index is 383. The van der Waals surface area contributed by atoms with E-state index in [1.165, 1.54) is 6.42 Å². The molecule has 0 aliphatic carbocycles. The van der Waals surface area contributed by atoms with Crippen LogP contribution in [-0.2, 0) is 0 Å². The number of hydrogen-bond donors (Lipinski definition) is 1. The summed E-state index contributed by atoms with van der Waals surface area (Å²) >= 11 is 0. The summed E-state index contributed by atoms with van der Waals surface area (Å²) in [6.07, 6.45) is 5.40. The lowest BCUT2D eigenvalue weighted by molar-refractivity contribution is 0.0685. The Morgan fingerprint density at radius 2 is 1.84 bits per heavy atom. The van der Waals surface area contributed by atoms with E-state index >= 15 is 0 Å². The molecule has 0 radical (unpaired) electrons. The van der Waals surface area contributed by atoms with Crippen LogP contribution in [0.15, 0.2) is 30.3 Å². The Kier molecular flexibility index (Phi) is 5.40. The number of unbranched alkanes of at least 4 members (excludes halogenated alkanes) is 1. The number of aliphatic hydroxyl groups is 1. The normalized spacial score (nSPS) is 16.6. The Morgan fingerprint density at radius 3 is 2.47 bits per heavy atom. The van der Waals surface area contributed by atoms with Crippen LogP contribution in [0.1, 0.15) is 42.5 Å². The first-order valence-corrected chi connectivity index (χ1v) is 7.26. The lowest BCUT2D eigenvalue weighted by Gasteiger charge is -2.32. The van der Waals surface area contributed by atoms with E-state index in [0.717, 1.165) is 50.3 Å². The summed E-state index contributed by atoms with van der Waals surface area (Å²) < 4.78 is 0. The average Bonchev–Trinajstić information content (AvgIpc) is 2.48. The molecule has 1 aliphatic rings. The summed E-state index contributed by atoms with van der Waals surface area (Å²) in [6, 6.07) is 9.53. The molecule has 1 N–H and O–H groups in total. The highest BCUT2D eigenvalue weighted by atomic mass is 16.2. The van der Waals surface area contributed by atoms with Gasteiger partial charge in [0.1, 0.15) is 0 Å². The van der Waals surface area contributed by atoms with E-state index in [4.69, 9.17) is 5.11 Å². The van der Waals surface area contributed by atoms with E-state index in [1.54, 1.807) is 0 Å². The third kappa shape index (κ3) is 4.06. The highest BCUT2D eigenvalue weighted by Crippen LogP contribution is 2.23. The largest absolute Gasteiger partial charge is 0.396 e. The lowest BCUT2D eigenvalue weighted by Crippen LogP contribution is -2.38. The molecule has 0 spiro atoms. The van der Waals surface area contributed by atoms with Crippen LogP contribution in [0.3, 0.4) is 0 Å². The first-order valence-electron chi connectivity index (χ1n) is 7.26. The van der Waals surface area contributed by atoms with Crippen LogP contribution in [0, 0.1) is 5.92 Å². The van der Waals surface area contributed by atoms with Crippen molar-refractivity contribution in [1.29, 1.82) is 0 Å². The molecule has 2 rings (SSSR count). The van der Waals surface area contributed by atoms with Gasteiger partial charge < -0.3 is 10.0 Å². The number of aliphatic hydroxyl groups excluding tert-OH is 1. The Labute approximate surface area is 115 Å². The summed E-state index contributed by atoms with van der Waals surface area (Å²) in [5.74, 6) is 0.890. The summed E-state index contributed by atoms with van der Waals surface area (Å²) in [6.45, 7) is 2.04. The number of amides is 1. The van der Waals surface area contributed by atoms with Gasteiger partial charge in [0.25, 0.3) is 5.91 Å². The molecule has 0 saturated carbocycles. The zero-order valence-corrected chi connectivity index (χ0v) is 11.4. The predicted octanol–water partition coefficient (Wildman–Crippen LogP) is 2.70. The van der Waals surface area contributed by atoms with Crippen molar-refractivity contribution in [3.8, 4) is 0 Å². The minimum atomic E-state index is 0.161. The number of carbonyl (C=O) groups is 1. The molecule has 1 saturated heterocycles. The van der Waals surface area contributed by atoms with Crippen LogP contribution in [-0.4, -0.2) is 35.6 Å². The fraction of sp³-hybridized carbons (Fsp3) is 0.562. The molecule has 1 heterocycles. The maximum absolute atomic E-state index is 12.3. The zero-order valence-electron chi connectivity index (χ0n) is 11.4. The van der Waals surface area contributed by atoms with Crippen molar-refractivity contribution in [3.63, 3.8) is 0 Å². The van der Waals surface area contributed by atoms with E-state index in [2.05, 4.69) is 0 Å². The standard InChI is InChI=1S/C16H23NO2/c18-13-5-4-6-14-9-11-17(12-10-14)16(19)15-7-2-1-3-8-15/h1-3,7-8,14,18H,4-6,9-13H2. The molecule has 1 fully saturated rings. The van der Waals surface area contributed by atoms with Crippen LogP contribution in [0.2, 0.25) is 0 Å². The minimum absolute atomic E-state index is 0.161. The Hall–Kier alpha value is -1.35. The predicted molar refractivity (Wildman–Crippen MR) is 76.0 cm³/mol. The molecular weight excluding hydrogens is 238 g/mol. The van der Waals surface area contributed by atoms with E-state index in [-0.39, 0.29) is 5.91 Å². The average molecular weight is 261 g/mol. The molecule has 0 aromatic heterocycles. The van der Waals surface area contributed by atoms with Gasteiger partial charge in [-0.2, -0.15) is 0 Å². The van der Waals surface area contributed by atoms with E-state index in [0.29, 0.717) is 6.61 Å². The number of rotatable bonds is 5. The van der Waals surface area contributed by atoms with Gasteiger partial charge in [0.15, 0.2) is 0 Å². The molecule has 3 nitrogen and oxygen atoms in total. The lowest BCUT2D eigenvalue weighted by atomic mass is 9.91. The molecule has 1 aliphatic heterocycles. The quantitative estimate of drug-likeness (QED) is 0.828. The first kappa shape index (κ1) is 14.1. The highest BCUT2D eigenvalue weighted by Gasteiger charge is 2.22. The topological polar surface area (TPSA) is 40.5 Å². The number of likely N-dealkylation sites (tertiary alicyclic amines) is 1. The van der Waals surface area contributed by atoms with E-state index in [9.17, 15) is 4.79 Å². The van der Waals surface area contributed by atoms with Gasteiger partial charge in [-0.15, -0.1) is 0 Å². The smallest absolute Gasteiger partial charge is 0.253 e. The van der Waals surface area contributed by atoms with Gasteiger partial charge in [-0.3, -0.25) is 4.79 Å². The second-order valence-corrected chi connectivity index (χ2v) is 5.32. The zero-order chi connectivity index (χ0) is 13.5. The monoisotopic (exact) mass is 261 g/mol. The van der Waals surface area contributed by atoms with Crippen molar-refractivity contribution in [2.75, 3.05) is 19.7 Å². The summed E-state index contributed by atoms with van der Waals surface area (Å²) in [7, 11) is 0. The minimum Gasteiger partial charge on any atom is -0.396 e. The van der Waals surface area contributed by atoms with Crippen LogP contribution < -0.4 is 0 Å². The highest BCUT2D eigenvalue weighted by molar-refractivity contribution is 5.94. The second kappa shape index (κ2) is 7.29. The molecule has 104 valence electrons. The third-order valence-electron chi connectivity index (χ3n) is 3.94. The molecule has 0 bridgehead atoms. The fourth-order valence-corrected chi connectivity index (χ4v) is 2.73. The van der Waals surface area contributed by atoms with Gasteiger partial charge in [-0.05, 0) is 37.3 Å². The van der Waals surface area contributed by atoms with Crippen molar-refractivity contribution >= 4 is 5.91 Å². The van der Waals surface area contributed by atoms with Crippen molar-refractivity contribution in [1.82, 2.24) is 4.90 Å².